The summed E-state index contributed by atoms with van der Waals surface area (Å²) in [7, 11) is 0. The zero-order valence-electron chi connectivity index (χ0n) is 10.6. The summed E-state index contributed by atoms with van der Waals surface area (Å²) < 4.78 is 1.06. The van der Waals surface area contributed by atoms with Crippen LogP contribution >= 0.6 is 0 Å². The Balaban J connectivity index is 1.82. The molecular weight excluding hydrogens is 299 g/mol. The number of hydrogen-bond donors (Lipinski definition) is 1. The predicted molar refractivity (Wildman–Crippen MR) is 81.1 cm³/mol. The van der Waals surface area contributed by atoms with E-state index in [0.717, 1.165) is 16.1 Å². The first-order valence-corrected chi connectivity index (χ1v) is 8.00. The third kappa shape index (κ3) is 2.95. The molecule has 0 aliphatic rings. The van der Waals surface area contributed by atoms with Gasteiger partial charge >= 0.3 is 118 Å². The average Bonchev–Trinajstić information content (AvgIpc) is 2.89. The van der Waals surface area contributed by atoms with Crippen molar-refractivity contribution >= 4 is 24.9 Å². The van der Waals surface area contributed by atoms with E-state index in [2.05, 4.69) is 58.6 Å². The fourth-order valence-corrected chi connectivity index (χ4v) is 3.39. The van der Waals surface area contributed by atoms with Crippen LogP contribution in [0.3, 0.4) is 0 Å². The van der Waals surface area contributed by atoms with E-state index in [0.29, 0.717) is 0 Å². The molecule has 2 aromatic carbocycles. The maximum atomic E-state index is 4.68. The van der Waals surface area contributed by atoms with E-state index < -0.39 is 0 Å². The second-order valence-corrected chi connectivity index (χ2v) is 6.20. The molecule has 0 bridgehead atoms. The Morgan fingerprint density at radius 2 is 1.68 bits per heavy atom. The average molecular weight is 313 g/mol. The van der Waals surface area contributed by atoms with Crippen LogP contribution in [0, 0.1) is 6.92 Å². The van der Waals surface area contributed by atoms with Gasteiger partial charge in [-0.2, -0.15) is 0 Å². The zero-order chi connectivity index (χ0) is 13.1. The van der Waals surface area contributed by atoms with E-state index in [1.807, 2.05) is 18.2 Å². The van der Waals surface area contributed by atoms with Crippen LogP contribution in [-0.4, -0.2) is 19.5 Å². The van der Waals surface area contributed by atoms with Gasteiger partial charge in [0.1, 0.15) is 0 Å². The summed E-state index contributed by atoms with van der Waals surface area (Å²) in [6.45, 7) is 2.10. The summed E-state index contributed by atoms with van der Waals surface area (Å²) in [6, 6.07) is 18.7. The summed E-state index contributed by atoms with van der Waals surface area (Å²) in [5, 5.41) is 3.38. The van der Waals surface area contributed by atoms with Crippen LogP contribution in [0.25, 0.3) is 11.3 Å². The third-order valence-electron chi connectivity index (χ3n) is 2.88. The fraction of sp³-hybridized carbons (Fsp3) is 0.0625. The first-order chi connectivity index (χ1) is 9.31. The first-order valence-electron chi connectivity index (χ1n) is 6.16. The molecule has 3 heteroatoms. The van der Waals surface area contributed by atoms with Crippen molar-refractivity contribution < 1.29 is 0 Å². The predicted octanol–water partition coefficient (Wildman–Crippen LogP) is 3.86. The number of benzene rings is 2. The molecule has 0 unspecified atom stereocenters. The maximum absolute atomic E-state index is 4.68. The van der Waals surface area contributed by atoms with Crippen molar-refractivity contribution in [1.82, 2.24) is 4.98 Å². The number of nitrogens with one attached hydrogen (secondary N) is 1. The standard InChI is InChI=1S/C16H14N2Se/c1-12-7-9-13(10-8-12)15-11-19-16(18-15)17-14-5-3-2-4-6-14/h2-11H,1H3,(H,17,18). The van der Waals surface area contributed by atoms with E-state index in [4.69, 9.17) is 0 Å². The van der Waals surface area contributed by atoms with Crippen molar-refractivity contribution in [2.24, 2.45) is 0 Å². The number of aromatic nitrogens is 1. The topological polar surface area (TPSA) is 24.9 Å². The molecule has 0 aliphatic heterocycles. The van der Waals surface area contributed by atoms with Gasteiger partial charge in [0.15, 0.2) is 0 Å². The van der Waals surface area contributed by atoms with Gasteiger partial charge in [0.05, 0.1) is 0 Å². The molecule has 1 N–H and O–H groups in total. The molecule has 3 rings (SSSR count). The Labute approximate surface area is 118 Å². The Morgan fingerprint density at radius 3 is 2.42 bits per heavy atom. The number of aryl methyl sites for hydroxylation is 1. The monoisotopic (exact) mass is 314 g/mol. The van der Waals surface area contributed by atoms with Crippen LogP contribution in [0.15, 0.2) is 59.5 Å². The zero-order valence-corrected chi connectivity index (χ0v) is 12.3. The summed E-state index contributed by atoms with van der Waals surface area (Å²) >= 11 is 0.288. The van der Waals surface area contributed by atoms with E-state index in [-0.39, 0.29) is 14.5 Å². The van der Waals surface area contributed by atoms with Gasteiger partial charge < -0.3 is 0 Å². The van der Waals surface area contributed by atoms with Gasteiger partial charge in [-0.15, -0.1) is 0 Å². The molecule has 1 aromatic heterocycles. The number of hydrogen-bond acceptors (Lipinski definition) is 2. The van der Waals surface area contributed by atoms with Gasteiger partial charge in [-0.25, -0.2) is 0 Å². The molecule has 1 heterocycles. The second-order valence-electron chi connectivity index (χ2n) is 4.39. The molecule has 2 nitrogen and oxygen atoms in total. The number of anilines is 2. The van der Waals surface area contributed by atoms with Crippen molar-refractivity contribution in [2.75, 3.05) is 5.32 Å². The van der Waals surface area contributed by atoms with Crippen molar-refractivity contribution in [3.05, 3.63) is 65.1 Å². The molecule has 0 saturated carbocycles. The molecular formula is C16H14N2Se. The minimum absolute atomic E-state index is 0.288. The normalized spacial score (nSPS) is 10.4. The van der Waals surface area contributed by atoms with Crippen LogP contribution < -0.4 is 5.32 Å². The van der Waals surface area contributed by atoms with Gasteiger partial charge in [-0.05, 0) is 0 Å². The Hall–Kier alpha value is -1.83. The SMILES string of the molecule is Cc1ccc(-c2c[se]c(Nc3ccccc3)n2)cc1. The Morgan fingerprint density at radius 1 is 0.947 bits per heavy atom. The number of rotatable bonds is 3. The summed E-state index contributed by atoms with van der Waals surface area (Å²) in [4.78, 5) is 6.90. The van der Waals surface area contributed by atoms with E-state index in [1.54, 1.807) is 0 Å². The van der Waals surface area contributed by atoms with E-state index >= 15 is 0 Å². The molecule has 19 heavy (non-hydrogen) atoms. The molecule has 0 aliphatic carbocycles. The quantitative estimate of drug-likeness (QED) is 0.743. The van der Waals surface area contributed by atoms with Crippen molar-refractivity contribution in [2.45, 2.75) is 6.92 Å². The van der Waals surface area contributed by atoms with E-state index in [1.165, 1.54) is 11.1 Å². The number of nitrogens with zero attached hydrogens (tertiary/aromatic N) is 1. The van der Waals surface area contributed by atoms with Crippen LogP contribution in [0.1, 0.15) is 5.56 Å². The third-order valence-corrected chi connectivity index (χ3v) is 4.47. The van der Waals surface area contributed by atoms with Gasteiger partial charge in [0, 0.05) is 0 Å². The van der Waals surface area contributed by atoms with Crippen molar-refractivity contribution in [3.63, 3.8) is 0 Å². The van der Waals surface area contributed by atoms with Crippen molar-refractivity contribution in [1.29, 1.82) is 0 Å². The van der Waals surface area contributed by atoms with E-state index in [9.17, 15) is 0 Å². The number of para-hydroxylation sites is 1. The molecule has 0 spiro atoms. The molecule has 0 saturated heterocycles. The Bertz CT molecular complexity index is 657. The summed E-state index contributed by atoms with van der Waals surface area (Å²) in [6.07, 6.45) is 0. The van der Waals surface area contributed by atoms with Gasteiger partial charge in [-0.1, -0.05) is 0 Å². The van der Waals surface area contributed by atoms with Crippen LogP contribution in [0.4, 0.5) is 10.4 Å². The Kier molecular flexibility index (Phi) is 3.49. The van der Waals surface area contributed by atoms with Crippen LogP contribution in [0.5, 0.6) is 0 Å². The molecule has 0 radical (unpaired) electrons. The summed E-state index contributed by atoms with van der Waals surface area (Å²) in [5.74, 6) is 0. The minimum atomic E-state index is 0.288. The molecule has 0 fully saturated rings. The van der Waals surface area contributed by atoms with Crippen LogP contribution in [-0.2, 0) is 0 Å². The molecule has 0 amide bonds. The fourth-order valence-electron chi connectivity index (χ4n) is 1.83. The summed E-state index contributed by atoms with van der Waals surface area (Å²) in [5.41, 5.74) is 4.65. The molecule has 94 valence electrons. The molecule has 3 aromatic rings. The molecule has 0 atom stereocenters. The van der Waals surface area contributed by atoms with Gasteiger partial charge in [0.25, 0.3) is 0 Å². The second kappa shape index (κ2) is 5.43. The first kappa shape index (κ1) is 12.2. The van der Waals surface area contributed by atoms with Crippen molar-refractivity contribution in [3.8, 4) is 11.3 Å². The van der Waals surface area contributed by atoms with Crippen LogP contribution in [0.2, 0.25) is 0 Å². The van der Waals surface area contributed by atoms with Gasteiger partial charge in [-0.3, -0.25) is 0 Å². The van der Waals surface area contributed by atoms with Gasteiger partial charge in [0.2, 0.25) is 0 Å².